The summed E-state index contributed by atoms with van der Waals surface area (Å²) in [7, 11) is 0. The van der Waals surface area contributed by atoms with Crippen LogP contribution in [0.4, 0.5) is 16.4 Å². The second kappa shape index (κ2) is 5.16. The first-order valence-corrected chi connectivity index (χ1v) is 6.21. The van der Waals surface area contributed by atoms with Gasteiger partial charge in [0.15, 0.2) is 0 Å². The minimum absolute atomic E-state index is 0.0683. The van der Waals surface area contributed by atoms with Gasteiger partial charge in [0.1, 0.15) is 5.92 Å². The summed E-state index contributed by atoms with van der Waals surface area (Å²) in [6.07, 6.45) is 2.79. The summed E-state index contributed by atoms with van der Waals surface area (Å²) >= 11 is 0. The van der Waals surface area contributed by atoms with Crippen LogP contribution in [0.3, 0.4) is 0 Å². The van der Waals surface area contributed by atoms with Crippen molar-refractivity contribution in [3.8, 4) is 0 Å². The largest absolute Gasteiger partial charge is 0.481 e. The number of hydrogen-bond acceptors (Lipinski definition) is 5. The zero-order chi connectivity index (χ0) is 14.8. The van der Waals surface area contributed by atoms with E-state index in [0.717, 1.165) is 0 Å². The Hall–Kier alpha value is -3.03. The Morgan fingerprint density at radius 3 is 2.81 bits per heavy atom. The number of nitrogens with zero attached hydrogens (tertiary/aromatic N) is 4. The Kier molecular flexibility index (Phi) is 3.19. The van der Waals surface area contributed by atoms with Crippen LogP contribution >= 0.6 is 0 Å². The lowest BCUT2D eigenvalue weighted by Gasteiger charge is -2.17. The molecule has 0 fully saturated rings. The van der Waals surface area contributed by atoms with Crippen LogP contribution in [0.5, 0.6) is 0 Å². The van der Waals surface area contributed by atoms with Gasteiger partial charge in [-0.2, -0.15) is 5.10 Å². The topological polar surface area (TPSA) is 108 Å². The highest BCUT2D eigenvalue weighted by Gasteiger charge is 2.36. The van der Waals surface area contributed by atoms with Crippen molar-refractivity contribution < 1.29 is 14.7 Å². The molecule has 1 atom stereocenters. The lowest BCUT2D eigenvalue weighted by atomic mass is 10.0. The van der Waals surface area contributed by atoms with E-state index in [4.69, 9.17) is 0 Å². The average Bonchev–Trinajstić information content (AvgIpc) is 2.88. The SMILES string of the molecule is O=C(O)C1CN(C(=O)Nc2nccnn2)c2ccccc21. The summed E-state index contributed by atoms with van der Waals surface area (Å²) < 4.78 is 0. The van der Waals surface area contributed by atoms with E-state index >= 15 is 0 Å². The molecule has 1 aromatic heterocycles. The van der Waals surface area contributed by atoms with Crippen LogP contribution in [0.25, 0.3) is 0 Å². The van der Waals surface area contributed by atoms with Crippen LogP contribution in [0.15, 0.2) is 36.7 Å². The molecule has 2 N–H and O–H groups in total. The number of benzene rings is 1. The molecule has 1 aromatic carbocycles. The van der Waals surface area contributed by atoms with Crippen LogP contribution in [0.2, 0.25) is 0 Å². The predicted octanol–water partition coefficient (Wildman–Crippen LogP) is 1.09. The molecule has 106 valence electrons. The molecule has 3 rings (SSSR count). The fraction of sp³-hybridized carbons (Fsp3) is 0.154. The monoisotopic (exact) mass is 285 g/mol. The zero-order valence-electron chi connectivity index (χ0n) is 10.8. The predicted molar refractivity (Wildman–Crippen MR) is 73.0 cm³/mol. The van der Waals surface area contributed by atoms with E-state index in [2.05, 4.69) is 20.5 Å². The van der Waals surface area contributed by atoms with E-state index in [1.807, 2.05) is 0 Å². The number of fused-ring (bicyclic) bond motifs is 1. The zero-order valence-corrected chi connectivity index (χ0v) is 10.8. The van der Waals surface area contributed by atoms with E-state index < -0.39 is 17.9 Å². The Bertz CT molecular complexity index is 691. The summed E-state index contributed by atoms with van der Waals surface area (Å²) in [5.74, 6) is -1.63. The molecule has 2 aromatic rings. The van der Waals surface area contributed by atoms with Crippen molar-refractivity contribution in [1.29, 1.82) is 0 Å². The normalized spacial score (nSPS) is 16.4. The van der Waals surface area contributed by atoms with E-state index in [-0.39, 0.29) is 12.5 Å². The van der Waals surface area contributed by atoms with Gasteiger partial charge >= 0.3 is 12.0 Å². The summed E-state index contributed by atoms with van der Waals surface area (Å²) in [4.78, 5) is 28.8. The molecule has 0 aliphatic carbocycles. The van der Waals surface area contributed by atoms with Gasteiger partial charge in [-0.1, -0.05) is 18.2 Å². The van der Waals surface area contributed by atoms with Crippen LogP contribution in [-0.4, -0.2) is 38.8 Å². The number of carboxylic acids is 1. The van der Waals surface area contributed by atoms with Crippen molar-refractivity contribution in [3.05, 3.63) is 42.2 Å². The summed E-state index contributed by atoms with van der Waals surface area (Å²) in [5.41, 5.74) is 1.19. The molecule has 2 amide bonds. The van der Waals surface area contributed by atoms with E-state index in [0.29, 0.717) is 11.3 Å². The number of carboxylic acid groups (broad SMARTS) is 1. The van der Waals surface area contributed by atoms with Crippen molar-refractivity contribution in [2.45, 2.75) is 5.92 Å². The highest BCUT2D eigenvalue weighted by molar-refractivity contribution is 6.04. The van der Waals surface area contributed by atoms with Crippen molar-refractivity contribution in [1.82, 2.24) is 15.2 Å². The van der Waals surface area contributed by atoms with Gasteiger partial charge in [0.2, 0.25) is 0 Å². The summed E-state index contributed by atoms with van der Waals surface area (Å²) in [6, 6.07) is 6.44. The Morgan fingerprint density at radius 2 is 2.10 bits per heavy atom. The van der Waals surface area contributed by atoms with E-state index in [1.54, 1.807) is 24.3 Å². The number of aliphatic carboxylic acids is 1. The summed E-state index contributed by atoms with van der Waals surface area (Å²) in [5, 5.41) is 19.0. The first kappa shape index (κ1) is 13.0. The number of nitrogens with one attached hydrogen (secondary N) is 1. The molecule has 0 bridgehead atoms. The first-order chi connectivity index (χ1) is 10.2. The molecule has 0 saturated heterocycles. The highest BCUT2D eigenvalue weighted by atomic mass is 16.4. The van der Waals surface area contributed by atoms with Crippen molar-refractivity contribution in [2.24, 2.45) is 0 Å². The number of amides is 2. The fourth-order valence-electron chi connectivity index (χ4n) is 2.28. The number of rotatable bonds is 2. The van der Waals surface area contributed by atoms with Gasteiger partial charge in [-0.25, -0.2) is 9.78 Å². The molecular formula is C13H11N5O3. The molecular weight excluding hydrogens is 274 g/mol. The molecule has 1 aliphatic heterocycles. The van der Waals surface area contributed by atoms with Gasteiger partial charge in [-0.15, -0.1) is 5.10 Å². The van der Waals surface area contributed by atoms with E-state index in [1.165, 1.54) is 17.3 Å². The van der Waals surface area contributed by atoms with Crippen LogP contribution in [0, 0.1) is 0 Å². The number of hydrogen-bond donors (Lipinski definition) is 2. The quantitative estimate of drug-likeness (QED) is 0.855. The molecule has 21 heavy (non-hydrogen) atoms. The lowest BCUT2D eigenvalue weighted by Crippen LogP contribution is -2.35. The van der Waals surface area contributed by atoms with E-state index in [9.17, 15) is 14.7 Å². The number of carbonyl (C=O) groups excluding carboxylic acids is 1. The molecule has 0 saturated carbocycles. The molecule has 0 spiro atoms. The van der Waals surface area contributed by atoms with Gasteiger partial charge in [0.25, 0.3) is 5.95 Å². The third-order valence-corrected chi connectivity index (χ3v) is 3.21. The fourth-order valence-corrected chi connectivity index (χ4v) is 2.28. The second-order valence-electron chi connectivity index (χ2n) is 4.46. The molecule has 2 heterocycles. The van der Waals surface area contributed by atoms with Gasteiger partial charge in [-0.3, -0.25) is 15.0 Å². The number of urea groups is 1. The Balaban J connectivity index is 1.86. The van der Waals surface area contributed by atoms with Gasteiger partial charge in [0, 0.05) is 12.2 Å². The van der Waals surface area contributed by atoms with Gasteiger partial charge in [0.05, 0.1) is 12.4 Å². The maximum Gasteiger partial charge on any atom is 0.328 e. The van der Waals surface area contributed by atoms with Crippen LogP contribution in [-0.2, 0) is 4.79 Å². The maximum atomic E-state index is 12.3. The standard InChI is InChI=1S/C13H11N5O3/c19-11(20)9-7-18(10-4-2-1-3-8(9)10)13(21)16-12-14-5-6-15-17-12/h1-6,9H,7H2,(H,19,20)(H,14,16,17,21). The first-order valence-electron chi connectivity index (χ1n) is 6.21. The minimum atomic E-state index is -0.963. The maximum absolute atomic E-state index is 12.3. The number of anilines is 2. The summed E-state index contributed by atoms with van der Waals surface area (Å²) in [6.45, 7) is 0.0702. The molecule has 0 radical (unpaired) electrons. The molecule has 1 unspecified atom stereocenters. The minimum Gasteiger partial charge on any atom is -0.481 e. The van der Waals surface area contributed by atoms with Crippen molar-refractivity contribution >= 4 is 23.6 Å². The molecule has 1 aliphatic rings. The second-order valence-corrected chi connectivity index (χ2v) is 4.46. The van der Waals surface area contributed by atoms with Gasteiger partial charge in [-0.05, 0) is 11.6 Å². The Labute approximate surface area is 119 Å². The van der Waals surface area contributed by atoms with Crippen molar-refractivity contribution in [3.63, 3.8) is 0 Å². The molecule has 8 nitrogen and oxygen atoms in total. The molecule has 8 heteroatoms. The van der Waals surface area contributed by atoms with Gasteiger partial charge < -0.3 is 5.11 Å². The number of carbonyl (C=O) groups is 2. The highest BCUT2D eigenvalue weighted by Crippen LogP contribution is 2.36. The Morgan fingerprint density at radius 1 is 1.29 bits per heavy atom. The third-order valence-electron chi connectivity index (χ3n) is 3.21. The lowest BCUT2D eigenvalue weighted by molar-refractivity contribution is -0.138. The number of para-hydroxylation sites is 1. The van der Waals surface area contributed by atoms with Crippen molar-refractivity contribution in [2.75, 3.05) is 16.8 Å². The smallest absolute Gasteiger partial charge is 0.328 e. The average molecular weight is 285 g/mol. The van der Waals surface area contributed by atoms with Crippen LogP contribution < -0.4 is 10.2 Å². The number of aromatic nitrogens is 3. The van der Waals surface area contributed by atoms with Crippen LogP contribution in [0.1, 0.15) is 11.5 Å². The third kappa shape index (κ3) is 2.38.